The Hall–Kier alpha value is -0.320. The van der Waals surface area contributed by atoms with Crippen molar-refractivity contribution in [2.24, 2.45) is 5.92 Å². The van der Waals surface area contributed by atoms with E-state index in [-0.39, 0.29) is 17.9 Å². The SMILES string of the molecule is Cl.Clc1ccc(C2(NCC3CCNCC3)CCOCC2)cc1. The van der Waals surface area contributed by atoms with E-state index in [2.05, 4.69) is 22.8 Å². The lowest BCUT2D eigenvalue weighted by molar-refractivity contribution is 0.0343. The molecule has 0 aliphatic carbocycles. The van der Waals surface area contributed by atoms with Gasteiger partial charge in [-0.3, -0.25) is 0 Å². The molecule has 0 atom stereocenters. The molecule has 1 aromatic carbocycles. The lowest BCUT2D eigenvalue weighted by atomic mass is 9.82. The summed E-state index contributed by atoms with van der Waals surface area (Å²) >= 11 is 6.04. The van der Waals surface area contributed by atoms with Gasteiger partial charge < -0.3 is 15.4 Å². The number of hydrogen-bond acceptors (Lipinski definition) is 3. The Morgan fingerprint density at radius 3 is 2.41 bits per heavy atom. The molecule has 0 bridgehead atoms. The summed E-state index contributed by atoms with van der Waals surface area (Å²) in [6, 6.07) is 8.34. The number of piperidine rings is 1. The summed E-state index contributed by atoms with van der Waals surface area (Å²) < 4.78 is 5.59. The summed E-state index contributed by atoms with van der Waals surface area (Å²) in [5.41, 5.74) is 1.41. The molecule has 0 unspecified atom stereocenters. The summed E-state index contributed by atoms with van der Waals surface area (Å²) in [5, 5.41) is 8.13. The third-order valence-electron chi connectivity index (χ3n) is 4.93. The summed E-state index contributed by atoms with van der Waals surface area (Å²) in [4.78, 5) is 0. The third-order valence-corrected chi connectivity index (χ3v) is 5.18. The number of ether oxygens (including phenoxy) is 1. The van der Waals surface area contributed by atoms with E-state index < -0.39 is 0 Å². The van der Waals surface area contributed by atoms with Crippen LogP contribution in [0.1, 0.15) is 31.2 Å². The average Bonchev–Trinajstić information content (AvgIpc) is 2.55. The number of rotatable bonds is 4. The van der Waals surface area contributed by atoms with E-state index in [1.54, 1.807) is 0 Å². The molecule has 0 amide bonds. The lowest BCUT2D eigenvalue weighted by Crippen LogP contribution is -2.49. The van der Waals surface area contributed by atoms with Crippen molar-refractivity contribution in [3.05, 3.63) is 34.9 Å². The van der Waals surface area contributed by atoms with Crippen molar-refractivity contribution in [1.82, 2.24) is 10.6 Å². The highest BCUT2D eigenvalue weighted by Crippen LogP contribution is 2.33. The van der Waals surface area contributed by atoms with Crippen LogP contribution >= 0.6 is 24.0 Å². The number of halogens is 2. The topological polar surface area (TPSA) is 33.3 Å². The second kappa shape index (κ2) is 8.51. The molecule has 22 heavy (non-hydrogen) atoms. The number of nitrogens with one attached hydrogen (secondary N) is 2. The van der Waals surface area contributed by atoms with Crippen molar-refractivity contribution < 1.29 is 4.74 Å². The average molecular weight is 345 g/mol. The molecular weight excluding hydrogens is 319 g/mol. The molecule has 0 spiro atoms. The van der Waals surface area contributed by atoms with Gasteiger partial charge in [-0.2, -0.15) is 0 Å². The molecule has 2 heterocycles. The van der Waals surface area contributed by atoms with Crippen molar-refractivity contribution in [3.63, 3.8) is 0 Å². The smallest absolute Gasteiger partial charge is 0.0486 e. The van der Waals surface area contributed by atoms with E-state index in [0.717, 1.165) is 56.6 Å². The van der Waals surface area contributed by atoms with Crippen LogP contribution in [0.2, 0.25) is 5.02 Å². The standard InChI is InChI=1S/C17H25ClN2O.ClH/c18-16-3-1-15(2-4-16)17(7-11-21-12-8-17)20-13-14-5-9-19-10-6-14;/h1-4,14,19-20H,5-13H2;1H. The van der Waals surface area contributed by atoms with Gasteiger partial charge in [0.25, 0.3) is 0 Å². The molecule has 2 fully saturated rings. The Labute approximate surface area is 144 Å². The first-order valence-electron chi connectivity index (χ1n) is 8.08. The zero-order valence-corrected chi connectivity index (χ0v) is 14.5. The van der Waals surface area contributed by atoms with Gasteiger partial charge in [0.15, 0.2) is 0 Å². The Balaban J connectivity index is 0.00000176. The van der Waals surface area contributed by atoms with Crippen molar-refractivity contribution in [3.8, 4) is 0 Å². The molecule has 3 nitrogen and oxygen atoms in total. The van der Waals surface area contributed by atoms with E-state index in [0.29, 0.717) is 0 Å². The predicted octanol–water partition coefficient (Wildman–Crippen LogP) is 3.36. The zero-order chi connectivity index (χ0) is 14.5. The first-order chi connectivity index (χ1) is 10.3. The minimum absolute atomic E-state index is 0. The molecule has 2 aliphatic rings. The summed E-state index contributed by atoms with van der Waals surface area (Å²) in [7, 11) is 0. The molecule has 5 heteroatoms. The van der Waals surface area contributed by atoms with Gasteiger partial charge in [0.1, 0.15) is 0 Å². The van der Waals surface area contributed by atoms with Crippen molar-refractivity contribution in [2.45, 2.75) is 31.2 Å². The molecule has 2 saturated heterocycles. The fraction of sp³-hybridized carbons (Fsp3) is 0.647. The quantitative estimate of drug-likeness (QED) is 0.878. The van der Waals surface area contributed by atoms with Crippen LogP contribution < -0.4 is 10.6 Å². The summed E-state index contributed by atoms with van der Waals surface area (Å²) in [6.07, 6.45) is 4.64. The monoisotopic (exact) mass is 344 g/mol. The second-order valence-electron chi connectivity index (χ2n) is 6.28. The van der Waals surface area contributed by atoms with E-state index in [1.165, 1.54) is 18.4 Å². The largest absolute Gasteiger partial charge is 0.381 e. The summed E-state index contributed by atoms with van der Waals surface area (Å²) in [5.74, 6) is 0.790. The molecule has 2 N–H and O–H groups in total. The first-order valence-corrected chi connectivity index (χ1v) is 8.46. The minimum Gasteiger partial charge on any atom is -0.381 e. The fourth-order valence-corrected chi connectivity index (χ4v) is 3.61. The second-order valence-corrected chi connectivity index (χ2v) is 6.71. The molecule has 124 valence electrons. The van der Waals surface area contributed by atoms with E-state index in [4.69, 9.17) is 16.3 Å². The molecule has 2 aliphatic heterocycles. The highest BCUT2D eigenvalue weighted by Gasteiger charge is 2.34. The maximum Gasteiger partial charge on any atom is 0.0486 e. The van der Waals surface area contributed by atoms with Gasteiger partial charge in [-0.25, -0.2) is 0 Å². The van der Waals surface area contributed by atoms with E-state index >= 15 is 0 Å². The van der Waals surface area contributed by atoms with Gasteiger partial charge in [0.05, 0.1) is 0 Å². The molecule has 1 aromatic rings. The first kappa shape index (κ1) is 18.0. The predicted molar refractivity (Wildman–Crippen MR) is 94.0 cm³/mol. The van der Waals surface area contributed by atoms with E-state index in [1.807, 2.05) is 12.1 Å². The fourth-order valence-electron chi connectivity index (χ4n) is 3.48. The van der Waals surface area contributed by atoms with Gasteiger partial charge in [0.2, 0.25) is 0 Å². The van der Waals surface area contributed by atoms with Crippen LogP contribution in [0.3, 0.4) is 0 Å². The highest BCUT2D eigenvalue weighted by molar-refractivity contribution is 6.30. The maximum atomic E-state index is 6.04. The van der Waals surface area contributed by atoms with Crippen LogP contribution in [-0.2, 0) is 10.3 Å². The van der Waals surface area contributed by atoms with Crippen LogP contribution in [0, 0.1) is 5.92 Å². The van der Waals surface area contributed by atoms with Crippen molar-refractivity contribution in [1.29, 1.82) is 0 Å². The van der Waals surface area contributed by atoms with Gasteiger partial charge >= 0.3 is 0 Å². The van der Waals surface area contributed by atoms with Crippen LogP contribution in [0.25, 0.3) is 0 Å². The highest BCUT2D eigenvalue weighted by atomic mass is 35.5. The molecule has 0 radical (unpaired) electrons. The minimum atomic E-state index is 0. The maximum absolute atomic E-state index is 6.04. The van der Waals surface area contributed by atoms with Crippen LogP contribution in [0.4, 0.5) is 0 Å². The van der Waals surface area contributed by atoms with Gasteiger partial charge in [-0.1, -0.05) is 23.7 Å². The van der Waals surface area contributed by atoms with Crippen molar-refractivity contribution in [2.75, 3.05) is 32.8 Å². The van der Waals surface area contributed by atoms with Crippen LogP contribution in [-0.4, -0.2) is 32.8 Å². The zero-order valence-electron chi connectivity index (χ0n) is 12.9. The van der Waals surface area contributed by atoms with Crippen LogP contribution in [0.5, 0.6) is 0 Å². The van der Waals surface area contributed by atoms with E-state index in [9.17, 15) is 0 Å². The lowest BCUT2D eigenvalue weighted by Gasteiger charge is -2.40. The number of hydrogen-bond donors (Lipinski definition) is 2. The molecule has 3 rings (SSSR count). The third kappa shape index (κ3) is 4.36. The van der Waals surface area contributed by atoms with Gasteiger partial charge in [-0.15, -0.1) is 12.4 Å². The number of benzene rings is 1. The normalized spacial score (nSPS) is 22.0. The Morgan fingerprint density at radius 2 is 1.77 bits per heavy atom. The molecule has 0 aromatic heterocycles. The summed E-state index contributed by atoms with van der Waals surface area (Å²) in [6.45, 7) is 5.08. The van der Waals surface area contributed by atoms with Crippen molar-refractivity contribution >= 4 is 24.0 Å². The Kier molecular flexibility index (Phi) is 6.97. The van der Waals surface area contributed by atoms with Gasteiger partial charge in [-0.05, 0) is 68.9 Å². The Morgan fingerprint density at radius 1 is 1.14 bits per heavy atom. The van der Waals surface area contributed by atoms with Gasteiger partial charge in [0, 0.05) is 23.8 Å². The van der Waals surface area contributed by atoms with Crippen LogP contribution in [0.15, 0.2) is 24.3 Å². The molecular formula is C17H26Cl2N2O. The Bertz CT molecular complexity index is 440. The molecule has 0 saturated carbocycles.